The molecule has 0 amide bonds. The number of thiophene rings is 1. The molecule has 7 aromatic carbocycles. The van der Waals surface area contributed by atoms with Crippen molar-refractivity contribution >= 4 is 75.3 Å². The molecule has 0 atom stereocenters. The van der Waals surface area contributed by atoms with Crippen molar-refractivity contribution in [3.63, 3.8) is 0 Å². The summed E-state index contributed by atoms with van der Waals surface area (Å²) in [6, 6.07) is 26.2. The van der Waals surface area contributed by atoms with Crippen LogP contribution in [-0.2, 0) is 0 Å². The Balaban J connectivity index is 1.22. The number of rotatable bonds is 4. The van der Waals surface area contributed by atoms with E-state index in [9.17, 15) is 0 Å². The summed E-state index contributed by atoms with van der Waals surface area (Å²) in [7, 11) is 0. The van der Waals surface area contributed by atoms with Gasteiger partial charge in [0.15, 0.2) is 23.1 Å². The lowest BCUT2D eigenvalue weighted by atomic mass is 10.0. The van der Waals surface area contributed by atoms with E-state index in [0.29, 0.717) is 27.5 Å². The zero-order chi connectivity index (χ0) is 42.2. The van der Waals surface area contributed by atoms with E-state index in [2.05, 4.69) is 45.9 Å². The summed E-state index contributed by atoms with van der Waals surface area (Å²) < 4.78 is 96.2. The number of furan rings is 1. The highest BCUT2D eigenvalue weighted by molar-refractivity contribution is 7.26. The maximum absolute atomic E-state index is 8.76. The highest BCUT2D eigenvalue weighted by Gasteiger charge is 2.23. The first kappa shape index (κ1) is 20.1. The van der Waals surface area contributed by atoms with E-state index in [1.807, 2.05) is 48.5 Å². The molecule has 6 heteroatoms. The smallest absolute Gasteiger partial charge is 0.164 e. The molecule has 0 aliphatic carbocycles. The van der Waals surface area contributed by atoms with Gasteiger partial charge in [0.25, 0.3) is 0 Å². The zero-order valence-electron chi connectivity index (χ0n) is 36.3. The van der Waals surface area contributed by atoms with Crippen LogP contribution in [0.3, 0.4) is 0 Å². The Kier molecular flexibility index (Phi) is 4.32. The van der Waals surface area contributed by atoms with Gasteiger partial charge in [0.2, 0.25) is 0 Å². The average molecular weight is 681 g/mol. The molecule has 0 aliphatic rings. The van der Waals surface area contributed by atoms with Crippen LogP contribution in [0.2, 0.25) is 0 Å². The molecule has 238 valence electrons. The molecule has 0 saturated heterocycles. The van der Waals surface area contributed by atoms with E-state index in [4.69, 9.17) is 28.1 Å². The molecule has 0 fully saturated rings. The summed E-state index contributed by atoms with van der Waals surface area (Å²) in [6.45, 7) is 0. The third kappa shape index (κ3) is 4.24. The van der Waals surface area contributed by atoms with E-state index < -0.39 is 60.4 Å². The Morgan fingerprint density at radius 3 is 1.98 bits per heavy atom. The first-order valence-electron chi connectivity index (χ1n) is 21.1. The van der Waals surface area contributed by atoms with Crippen molar-refractivity contribution in [3.8, 4) is 39.9 Å². The number of benzene rings is 7. The molecular weight excluding hydrogens is 645 g/mol. The van der Waals surface area contributed by atoms with Crippen LogP contribution >= 0.6 is 11.3 Å². The molecule has 51 heavy (non-hydrogen) atoms. The van der Waals surface area contributed by atoms with Gasteiger partial charge >= 0.3 is 0 Å². The number of hydrogen-bond acceptors (Lipinski definition) is 5. The van der Waals surface area contributed by atoms with Gasteiger partial charge in [0.05, 0.1) is 35.1 Å². The van der Waals surface area contributed by atoms with Crippen molar-refractivity contribution < 1.29 is 18.1 Å². The van der Waals surface area contributed by atoms with Gasteiger partial charge in [-0.15, -0.1) is 11.3 Å². The molecule has 0 bridgehead atoms. The zero-order valence-corrected chi connectivity index (χ0v) is 27.2. The van der Waals surface area contributed by atoms with Crippen LogP contribution in [0.15, 0.2) is 162 Å². The van der Waals surface area contributed by atoms with Crippen LogP contribution in [0.1, 0.15) is 13.7 Å². The number of aromatic nitrogens is 4. The quantitative estimate of drug-likeness (QED) is 0.186. The minimum absolute atomic E-state index is 0.0406. The fourth-order valence-electron chi connectivity index (χ4n) is 7.12. The Morgan fingerprint density at radius 2 is 1.20 bits per heavy atom. The second-order valence-corrected chi connectivity index (χ2v) is 13.1. The van der Waals surface area contributed by atoms with Crippen LogP contribution in [0.4, 0.5) is 0 Å². The fourth-order valence-corrected chi connectivity index (χ4v) is 8.36. The minimum Gasteiger partial charge on any atom is -0.454 e. The van der Waals surface area contributed by atoms with Crippen LogP contribution < -0.4 is 0 Å². The lowest BCUT2D eigenvalue weighted by Gasteiger charge is -2.10. The van der Waals surface area contributed by atoms with Gasteiger partial charge in [-0.25, -0.2) is 15.0 Å². The van der Waals surface area contributed by atoms with Crippen molar-refractivity contribution in [1.82, 2.24) is 19.5 Å². The van der Waals surface area contributed by atoms with E-state index in [0.717, 1.165) is 37.6 Å². The first-order valence-corrected chi connectivity index (χ1v) is 16.9. The predicted octanol–water partition coefficient (Wildman–Crippen LogP) is 12.2. The summed E-state index contributed by atoms with van der Waals surface area (Å²) >= 11 is 1.74. The molecule has 4 heterocycles. The molecule has 11 aromatic rings. The second-order valence-electron chi connectivity index (χ2n) is 12.0. The third-order valence-electron chi connectivity index (χ3n) is 9.25. The highest BCUT2D eigenvalue weighted by atomic mass is 32.1. The summed E-state index contributed by atoms with van der Waals surface area (Å²) in [5.41, 5.74) is 3.58. The number of nitrogens with zero attached hydrogens (tertiary/aromatic N) is 4. The van der Waals surface area contributed by atoms with Crippen LogP contribution in [-0.4, -0.2) is 19.5 Å². The molecule has 4 aromatic heterocycles. The van der Waals surface area contributed by atoms with Crippen molar-refractivity contribution in [2.75, 3.05) is 0 Å². The topological polar surface area (TPSA) is 56.7 Å². The normalized spacial score (nSPS) is 14.7. The Labute approximate surface area is 309 Å². The van der Waals surface area contributed by atoms with Crippen molar-refractivity contribution in [3.05, 3.63) is 157 Å². The molecule has 0 radical (unpaired) electrons. The van der Waals surface area contributed by atoms with Gasteiger partial charge in [-0.2, -0.15) is 0 Å². The van der Waals surface area contributed by atoms with Crippen LogP contribution in [0.5, 0.6) is 0 Å². The van der Waals surface area contributed by atoms with E-state index >= 15 is 0 Å². The number of para-hydroxylation sites is 2. The lowest BCUT2D eigenvalue weighted by Crippen LogP contribution is -2.00. The fraction of sp³-hybridized carbons (Fsp3) is 0. The summed E-state index contributed by atoms with van der Waals surface area (Å²) in [5, 5.41) is 5.79. The molecule has 0 aliphatic heterocycles. The van der Waals surface area contributed by atoms with E-state index in [1.54, 1.807) is 23.5 Å². The summed E-state index contributed by atoms with van der Waals surface area (Å²) in [5.74, 6) is -0.722. The number of fused-ring (bicyclic) bond motifs is 10. The van der Waals surface area contributed by atoms with Gasteiger partial charge in [-0.3, -0.25) is 0 Å². The average Bonchev–Trinajstić information content (AvgIpc) is 3.96. The van der Waals surface area contributed by atoms with Crippen molar-refractivity contribution in [2.24, 2.45) is 0 Å². The largest absolute Gasteiger partial charge is 0.454 e. The van der Waals surface area contributed by atoms with Gasteiger partial charge in [0.1, 0.15) is 5.58 Å². The molecule has 0 unspecified atom stereocenters. The van der Waals surface area contributed by atoms with Gasteiger partial charge in [-0.1, -0.05) is 133 Å². The summed E-state index contributed by atoms with van der Waals surface area (Å²) in [4.78, 5) is 13.9. The first-order chi connectivity index (χ1) is 29.4. The Bertz CT molecular complexity index is 3600. The molecule has 0 saturated carbocycles. The maximum Gasteiger partial charge on any atom is 0.164 e. The van der Waals surface area contributed by atoms with Crippen molar-refractivity contribution in [2.45, 2.75) is 0 Å². The van der Waals surface area contributed by atoms with E-state index in [1.165, 1.54) is 10.1 Å². The second kappa shape index (κ2) is 10.9. The Hall–Kier alpha value is -6.63. The molecule has 0 N–H and O–H groups in total. The van der Waals surface area contributed by atoms with Gasteiger partial charge in [0, 0.05) is 53.7 Å². The molecular formula is C45H26N4OS. The van der Waals surface area contributed by atoms with Crippen LogP contribution in [0.25, 0.3) is 104 Å². The molecule has 5 nitrogen and oxygen atoms in total. The SMILES string of the molecule is [2H]c1c([2H])c([2H])c(-c2nc(-c3c([2H])c([2H])c([2H])c([2H])c3[2H])nc(-c3cccc4oc5c(-n6c7ccccc7c7ccc8c9ccccc9sc8c76)cccc5c34)n2)c([2H])c1[2H]. The van der Waals surface area contributed by atoms with Gasteiger partial charge < -0.3 is 8.98 Å². The van der Waals surface area contributed by atoms with Crippen LogP contribution in [0, 0.1) is 0 Å². The Morgan fingerprint density at radius 1 is 0.549 bits per heavy atom. The third-order valence-corrected chi connectivity index (χ3v) is 10.4. The standard InChI is InChI=1S/C45H26N4OS/c1-3-13-27(14-4-1)43-46-44(28-15-5-2-6-16-28)48-45(47-43)34-20-12-23-37-39(34)33-19-11-22-36(41(33)50-37)49-35-21-9-7-17-29(35)31-25-26-32-30-18-8-10-24-38(30)51-42(32)40(31)49/h1-26H/i1D,2D,3D,4D,5D,6D,13D,14D,15D,16D. The summed E-state index contributed by atoms with van der Waals surface area (Å²) in [6.07, 6.45) is 0. The molecule has 0 spiro atoms. The minimum atomic E-state index is -0.615. The van der Waals surface area contributed by atoms with Gasteiger partial charge in [-0.05, 0) is 24.3 Å². The number of hydrogen-bond donors (Lipinski definition) is 0. The highest BCUT2D eigenvalue weighted by Crippen LogP contribution is 2.45. The maximum atomic E-state index is 8.76. The molecule has 11 rings (SSSR count). The monoisotopic (exact) mass is 680 g/mol. The van der Waals surface area contributed by atoms with Crippen molar-refractivity contribution in [1.29, 1.82) is 0 Å². The van der Waals surface area contributed by atoms with E-state index in [-0.39, 0.29) is 28.6 Å². The lowest BCUT2D eigenvalue weighted by molar-refractivity contribution is 0.666. The predicted molar refractivity (Wildman–Crippen MR) is 211 cm³/mol.